The van der Waals surface area contributed by atoms with E-state index in [1.165, 1.54) is 23.9 Å². The first-order chi connectivity index (χ1) is 14.3. The first-order valence-corrected chi connectivity index (χ1v) is 11.2. The minimum atomic E-state index is -3.75. The quantitative estimate of drug-likeness (QED) is 0.506. The molecular formula is C19H16ClN5O3S2. The zero-order chi connectivity index (χ0) is 21.7. The highest BCUT2D eigenvalue weighted by atomic mass is 35.5. The number of hydrogen-bond donors (Lipinski definition) is 2. The normalized spacial score (nSPS) is 11.0. The lowest BCUT2D eigenvalue weighted by Gasteiger charge is -2.10. The summed E-state index contributed by atoms with van der Waals surface area (Å²) in [6.45, 7) is 1.81. The molecule has 0 aliphatic rings. The standard InChI is InChI=1S/C19H16ClN5O3S2/c1-12-11-23-19(24-13-2-5-15(6-3-13)30(22,26)27)25-18(12)29-14-4-7-17(16(20)10-14)28-9-8-21/h2-7,10-11H,9H2,1H3,(H2,22,26,27)(H,23,24,25). The summed E-state index contributed by atoms with van der Waals surface area (Å²) in [5.74, 6) is 0.791. The molecule has 0 saturated carbocycles. The molecule has 1 heterocycles. The molecule has 0 fully saturated rings. The summed E-state index contributed by atoms with van der Waals surface area (Å²) in [5, 5.41) is 17.9. The molecule has 8 nitrogen and oxygen atoms in total. The zero-order valence-electron chi connectivity index (χ0n) is 15.7. The number of aromatic nitrogens is 2. The second-order valence-electron chi connectivity index (χ2n) is 6.02. The van der Waals surface area contributed by atoms with Gasteiger partial charge in [-0.05, 0) is 49.4 Å². The third-order valence-corrected chi connectivity index (χ3v) is 6.10. The molecule has 0 atom stereocenters. The van der Waals surface area contributed by atoms with Crippen LogP contribution in [0.15, 0.2) is 63.5 Å². The molecule has 3 aromatic rings. The minimum Gasteiger partial charge on any atom is -0.477 e. The Hall–Kier alpha value is -2.84. The number of hydrogen-bond acceptors (Lipinski definition) is 8. The SMILES string of the molecule is Cc1cnc(Nc2ccc(S(N)(=O)=O)cc2)nc1Sc1ccc(OCC#N)c(Cl)c1. The molecule has 30 heavy (non-hydrogen) atoms. The third-order valence-electron chi connectivity index (χ3n) is 3.77. The summed E-state index contributed by atoms with van der Waals surface area (Å²) in [5.41, 5.74) is 1.49. The second kappa shape index (κ2) is 9.32. The minimum absolute atomic E-state index is 0.0215. The topological polar surface area (TPSA) is 131 Å². The van der Waals surface area contributed by atoms with Crippen LogP contribution in [0.4, 0.5) is 11.6 Å². The van der Waals surface area contributed by atoms with Crippen LogP contribution in [0.5, 0.6) is 5.75 Å². The van der Waals surface area contributed by atoms with Crippen LogP contribution in [0.3, 0.4) is 0 Å². The van der Waals surface area contributed by atoms with Crippen molar-refractivity contribution in [2.45, 2.75) is 21.7 Å². The van der Waals surface area contributed by atoms with Gasteiger partial charge in [-0.25, -0.2) is 23.5 Å². The number of ether oxygens (including phenoxy) is 1. The van der Waals surface area contributed by atoms with E-state index in [2.05, 4.69) is 15.3 Å². The molecule has 11 heteroatoms. The molecule has 0 aliphatic heterocycles. The molecule has 0 saturated heterocycles. The van der Waals surface area contributed by atoms with E-state index in [-0.39, 0.29) is 11.5 Å². The maximum absolute atomic E-state index is 11.4. The van der Waals surface area contributed by atoms with E-state index in [0.717, 1.165) is 15.5 Å². The van der Waals surface area contributed by atoms with Crippen LogP contribution in [0.1, 0.15) is 5.56 Å². The Kier molecular flexibility index (Phi) is 6.79. The summed E-state index contributed by atoms with van der Waals surface area (Å²) >= 11 is 7.61. The Morgan fingerprint density at radius 2 is 2.00 bits per heavy atom. The van der Waals surface area contributed by atoms with Crippen molar-refractivity contribution < 1.29 is 13.2 Å². The van der Waals surface area contributed by atoms with Crippen molar-refractivity contribution >= 4 is 45.0 Å². The smallest absolute Gasteiger partial charge is 0.238 e. The van der Waals surface area contributed by atoms with E-state index in [1.54, 1.807) is 30.5 Å². The van der Waals surface area contributed by atoms with Gasteiger partial charge in [0.15, 0.2) is 6.61 Å². The number of halogens is 1. The van der Waals surface area contributed by atoms with E-state index >= 15 is 0 Å². The van der Waals surface area contributed by atoms with E-state index in [0.29, 0.717) is 22.4 Å². The molecule has 154 valence electrons. The lowest BCUT2D eigenvalue weighted by Crippen LogP contribution is -2.11. The predicted molar refractivity (Wildman–Crippen MR) is 115 cm³/mol. The van der Waals surface area contributed by atoms with Gasteiger partial charge in [-0.3, -0.25) is 0 Å². The lowest BCUT2D eigenvalue weighted by molar-refractivity contribution is 0.368. The van der Waals surface area contributed by atoms with Crippen molar-refractivity contribution in [2.75, 3.05) is 11.9 Å². The van der Waals surface area contributed by atoms with Crippen molar-refractivity contribution in [3.05, 3.63) is 59.2 Å². The number of benzene rings is 2. The van der Waals surface area contributed by atoms with Gasteiger partial charge >= 0.3 is 0 Å². The van der Waals surface area contributed by atoms with E-state index in [9.17, 15) is 8.42 Å². The van der Waals surface area contributed by atoms with Crippen molar-refractivity contribution in [2.24, 2.45) is 5.14 Å². The van der Waals surface area contributed by atoms with Gasteiger partial charge in [0.05, 0.1) is 9.92 Å². The maximum Gasteiger partial charge on any atom is 0.238 e. The number of anilines is 2. The number of sulfonamides is 1. The second-order valence-corrected chi connectivity index (χ2v) is 9.05. The van der Waals surface area contributed by atoms with Crippen LogP contribution < -0.4 is 15.2 Å². The highest BCUT2D eigenvalue weighted by Gasteiger charge is 2.10. The summed E-state index contributed by atoms with van der Waals surface area (Å²) in [6.07, 6.45) is 1.68. The molecule has 0 spiro atoms. The summed E-state index contributed by atoms with van der Waals surface area (Å²) in [4.78, 5) is 9.64. The van der Waals surface area contributed by atoms with Crippen molar-refractivity contribution in [3.63, 3.8) is 0 Å². The number of nitriles is 1. The highest BCUT2D eigenvalue weighted by molar-refractivity contribution is 7.99. The first kappa shape index (κ1) is 21.9. The van der Waals surface area contributed by atoms with Crippen LogP contribution in [-0.2, 0) is 10.0 Å². The fourth-order valence-corrected chi connectivity index (χ4v) is 4.03. The van der Waals surface area contributed by atoms with E-state index in [4.69, 9.17) is 26.7 Å². The van der Waals surface area contributed by atoms with Gasteiger partial charge in [-0.2, -0.15) is 5.26 Å². The van der Waals surface area contributed by atoms with Crippen LogP contribution in [0.25, 0.3) is 0 Å². The molecule has 0 aliphatic carbocycles. The lowest BCUT2D eigenvalue weighted by atomic mass is 10.3. The van der Waals surface area contributed by atoms with Gasteiger partial charge in [0, 0.05) is 22.3 Å². The average molecular weight is 462 g/mol. The van der Waals surface area contributed by atoms with Gasteiger partial charge in [0.1, 0.15) is 16.8 Å². The molecule has 0 radical (unpaired) electrons. The predicted octanol–water partition coefficient (Wildman–Crippen LogP) is 3.88. The number of primary sulfonamides is 1. The Bertz CT molecular complexity index is 1210. The van der Waals surface area contributed by atoms with Crippen molar-refractivity contribution in [3.8, 4) is 11.8 Å². The molecule has 1 aromatic heterocycles. The van der Waals surface area contributed by atoms with Gasteiger partial charge < -0.3 is 10.1 Å². The molecule has 3 N–H and O–H groups in total. The number of nitrogens with zero attached hydrogens (tertiary/aromatic N) is 3. The molecule has 2 aromatic carbocycles. The van der Waals surface area contributed by atoms with Crippen LogP contribution in [0, 0.1) is 18.3 Å². The van der Waals surface area contributed by atoms with Gasteiger partial charge in [0.25, 0.3) is 0 Å². The maximum atomic E-state index is 11.4. The fraction of sp³-hybridized carbons (Fsp3) is 0.105. The Morgan fingerprint density at radius 3 is 2.63 bits per heavy atom. The zero-order valence-corrected chi connectivity index (χ0v) is 18.1. The van der Waals surface area contributed by atoms with E-state index < -0.39 is 10.0 Å². The van der Waals surface area contributed by atoms with Gasteiger partial charge in [-0.1, -0.05) is 23.4 Å². The largest absolute Gasteiger partial charge is 0.477 e. The molecule has 3 rings (SSSR count). The monoisotopic (exact) mass is 461 g/mol. The number of rotatable bonds is 7. The highest BCUT2D eigenvalue weighted by Crippen LogP contribution is 2.34. The third kappa shape index (κ3) is 5.61. The van der Waals surface area contributed by atoms with Gasteiger partial charge in [-0.15, -0.1) is 0 Å². The van der Waals surface area contributed by atoms with Gasteiger partial charge in [0.2, 0.25) is 16.0 Å². The average Bonchev–Trinajstić information content (AvgIpc) is 2.70. The Labute approximate surface area is 183 Å². The molecule has 0 bridgehead atoms. The Balaban J connectivity index is 1.77. The number of aryl methyl sites for hydroxylation is 1. The van der Waals surface area contributed by atoms with Crippen LogP contribution in [0.2, 0.25) is 5.02 Å². The summed E-state index contributed by atoms with van der Waals surface area (Å²) in [7, 11) is -3.75. The van der Waals surface area contributed by atoms with Crippen molar-refractivity contribution in [1.29, 1.82) is 5.26 Å². The van der Waals surface area contributed by atoms with Crippen LogP contribution >= 0.6 is 23.4 Å². The number of nitrogens with two attached hydrogens (primary N) is 1. The van der Waals surface area contributed by atoms with Crippen LogP contribution in [-0.4, -0.2) is 25.0 Å². The fourth-order valence-electron chi connectivity index (χ4n) is 2.33. The molecular weight excluding hydrogens is 446 g/mol. The molecule has 0 unspecified atom stereocenters. The summed E-state index contributed by atoms with van der Waals surface area (Å²) in [6, 6.07) is 13.1. The van der Waals surface area contributed by atoms with E-state index in [1.807, 2.05) is 19.1 Å². The first-order valence-electron chi connectivity index (χ1n) is 8.47. The summed E-state index contributed by atoms with van der Waals surface area (Å²) < 4.78 is 28.0. The number of nitrogens with one attached hydrogen (secondary N) is 1. The Morgan fingerprint density at radius 1 is 1.27 bits per heavy atom. The molecule has 0 amide bonds. The van der Waals surface area contributed by atoms with Crippen molar-refractivity contribution in [1.82, 2.24) is 9.97 Å².